The summed E-state index contributed by atoms with van der Waals surface area (Å²) in [6.07, 6.45) is 0.380. The lowest BCUT2D eigenvalue weighted by Gasteiger charge is -2.20. The lowest BCUT2D eigenvalue weighted by molar-refractivity contribution is -0.126. The minimum absolute atomic E-state index is 0.191. The van der Waals surface area contributed by atoms with Gasteiger partial charge in [-0.2, -0.15) is 0 Å². The zero-order valence-electron chi connectivity index (χ0n) is 13.5. The topological polar surface area (TPSA) is 73.6 Å². The first-order chi connectivity index (χ1) is 9.73. The highest BCUT2D eigenvalue weighted by Crippen LogP contribution is 2.26. The van der Waals surface area contributed by atoms with Crippen LogP contribution in [0.25, 0.3) is 0 Å². The molecule has 5 heteroatoms. The molecule has 0 bridgehead atoms. The zero-order chi connectivity index (χ0) is 16.0. The molecule has 0 aromatic heterocycles. The molecular weight excluding hydrogens is 268 g/mol. The summed E-state index contributed by atoms with van der Waals surface area (Å²) in [6, 6.07) is 5.10. The number of nitrogens with two attached hydrogens (primary N) is 1. The van der Waals surface area contributed by atoms with Gasteiger partial charge < -0.3 is 20.5 Å². The number of carbonyl (C=O) groups excluding carboxylic acids is 1. The minimum Gasteiger partial charge on any atom is -0.494 e. The molecule has 0 aliphatic rings. The third-order valence-corrected chi connectivity index (χ3v) is 3.07. The minimum atomic E-state index is -0.519. The first kappa shape index (κ1) is 17.3. The number of rotatable bonds is 6. The van der Waals surface area contributed by atoms with E-state index in [1.54, 1.807) is 25.1 Å². The van der Waals surface area contributed by atoms with E-state index < -0.39 is 6.10 Å². The Morgan fingerprint density at radius 1 is 1.38 bits per heavy atom. The van der Waals surface area contributed by atoms with Crippen LogP contribution in [0, 0.1) is 5.41 Å². The van der Waals surface area contributed by atoms with E-state index in [0.717, 1.165) is 6.42 Å². The third kappa shape index (κ3) is 6.04. The van der Waals surface area contributed by atoms with Crippen molar-refractivity contribution in [1.29, 1.82) is 0 Å². The number of methoxy groups -OCH3 is 1. The van der Waals surface area contributed by atoms with E-state index in [0.29, 0.717) is 23.7 Å². The molecule has 1 aromatic rings. The monoisotopic (exact) mass is 294 g/mol. The summed E-state index contributed by atoms with van der Waals surface area (Å²) in [5.41, 5.74) is 7.04. The predicted molar refractivity (Wildman–Crippen MR) is 85.5 cm³/mol. The van der Waals surface area contributed by atoms with E-state index in [1.807, 2.05) is 0 Å². The molecule has 3 N–H and O–H groups in total. The van der Waals surface area contributed by atoms with Gasteiger partial charge in [-0.15, -0.1) is 0 Å². The van der Waals surface area contributed by atoms with Crippen LogP contribution in [0.1, 0.15) is 34.1 Å². The number of nitrogens with one attached hydrogen (secondary N) is 1. The molecular formula is C16H26N2O3. The molecule has 1 unspecified atom stereocenters. The molecule has 0 heterocycles. The van der Waals surface area contributed by atoms with Gasteiger partial charge >= 0.3 is 0 Å². The number of amides is 1. The Labute approximate surface area is 126 Å². The van der Waals surface area contributed by atoms with Crippen molar-refractivity contribution in [3.05, 3.63) is 18.2 Å². The number of carbonyl (C=O) groups is 1. The van der Waals surface area contributed by atoms with Crippen molar-refractivity contribution in [2.75, 3.05) is 24.8 Å². The Bertz CT molecular complexity index is 481. The molecule has 0 radical (unpaired) electrons. The van der Waals surface area contributed by atoms with Crippen molar-refractivity contribution in [2.24, 2.45) is 5.41 Å². The summed E-state index contributed by atoms with van der Waals surface area (Å²) in [6.45, 7) is 8.71. The molecule has 0 fully saturated rings. The number of nitrogen functional groups attached to an aromatic ring is 1. The van der Waals surface area contributed by atoms with Crippen LogP contribution in [0.2, 0.25) is 0 Å². The maximum Gasteiger partial charge on any atom is 0.253 e. The van der Waals surface area contributed by atoms with Gasteiger partial charge in [-0.1, -0.05) is 20.8 Å². The van der Waals surface area contributed by atoms with Crippen LogP contribution in [0.4, 0.5) is 11.4 Å². The summed E-state index contributed by atoms with van der Waals surface area (Å²) < 4.78 is 10.8. The van der Waals surface area contributed by atoms with E-state index >= 15 is 0 Å². The Balaban J connectivity index is 2.56. The van der Waals surface area contributed by atoms with Gasteiger partial charge in [0.1, 0.15) is 11.9 Å². The van der Waals surface area contributed by atoms with Gasteiger partial charge in [-0.05, 0) is 30.9 Å². The second-order valence-corrected chi connectivity index (χ2v) is 6.27. The number of anilines is 2. The fourth-order valence-corrected chi connectivity index (χ4v) is 1.66. The molecule has 0 saturated heterocycles. The van der Waals surface area contributed by atoms with Gasteiger partial charge in [0.05, 0.1) is 12.8 Å². The summed E-state index contributed by atoms with van der Waals surface area (Å²) in [5.74, 6) is 0.331. The van der Waals surface area contributed by atoms with E-state index in [-0.39, 0.29) is 11.3 Å². The number of ether oxygens (including phenoxy) is 2. The Hall–Kier alpha value is -1.75. The molecule has 21 heavy (non-hydrogen) atoms. The van der Waals surface area contributed by atoms with Crippen molar-refractivity contribution in [3.8, 4) is 5.75 Å². The lowest BCUT2D eigenvalue weighted by atomic mass is 9.93. The average Bonchev–Trinajstić information content (AvgIpc) is 2.39. The third-order valence-electron chi connectivity index (χ3n) is 3.07. The van der Waals surface area contributed by atoms with Gasteiger partial charge in [0, 0.05) is 18.4 Å². The highest BCUT2D eigenvalue weighted by molar-refractivity contribution is 5.95. The van der Waals surface area contributed by atoms with E-state index in [9.17, 15) is 4.79 Å². The highest BCUT2D eigenvalue weighted by atomic mass is 16.5. The number of hydrogen-bond acceptors (Lipinski definition) is 4. The first-order valence-electron chi connectivity index (χ1n) is 7.09. The van der Waals surface area contributed by atoms with Crippen LogP contribution in [-0.2, 0) is 9.53 Å². The summed E-state index contributed by atoms with van der Waals surface area (Å²) >= 11 is 0. The van der Waals surface area contributed by atoms with E-state index in [1.165, 1.54) is 7.11 Å². The van der Waals surface area contributed by atoms with Crippen molar-refractivity contribution >= 4 is 17.3 Å². The molecule has 5 nitrogen and oxygen atoms in total. The maximum absolute atomic E-state index is 12.1. The molecule has 1 atom stereocenters. The molecule has 0 saturated carbocycles. The second kappa shape index (κ2) is 7.31. The van der Waals surface area contributed by atoms with E-state index in [4.69, 9.17) is 15.2 Å². The van der Waals surface area contributed by atoms with Crippen LogP contribution in [0.3, 0.4) is 0 Å². The summed E-state index contributed by atoms with van der Waals surface area (Å²) in [7, 11) is 1.54. The molecule has 118 valence electrons. The largest absolute Gasteiger partial charge is 0.494 e. The van der Waals surface area contributed by atoms with Crippen LogP contribution < -0.4 is 15.8 Å². The van der Waals surface area contributed by atoms with Crippen LogP contribution in [0.15, 0.2) is 18.2 Å². The van der Waals surface area contributed by atoms with Crippen LogP contribution in [-0.4, -0.2) is 25.7 Å². The van der Waals surface area contributed by atoms with Gasteiger partial charge in [-0.3, -0.25) is 4.79 Å². The fourth-order valence-electron chi connectivity index (χ4n) is 1.66. The molecule has 0 spiro atoms. The zero-order valence-corrected chi connectivity index (χ0v) is 13.5. The number of hydrogen-bond donors (Lipinski definition) is 2. The quantitative estimate of drug-likeness (QED) is 0.791. The molecule has 1 rings (SSSR count). The molecule has 1 aromatic carbocycles. The SMILES string of the molecule is COc1cc(N)ccc1NC(=O)C(C)OCCC(C)(C)C. The lowest BCUT2D eigenvalue weighted by Crippen LogP contribution is -2.29. The Morgan fingerprint density at radius 3 is 2.62 bits per heavy atom. The maximum atomic E-state index is 12.1. The van der Waals surface area contributed by atoms with Crippen LogP contribution in [0.5, 0.6) is 5.75 Å². The summed E-state index contributed by atoms with van der Waals surface area (Å²) in [4.78, 5) is 12.1. The van der Waals surface area contributed by atoms with Gasteiger partial charge in [0.2, 0.25) is 0 Å². The van der Waals surface area contributed by atoms with Crippen molar-refractivity contribution < 1.29 is 14.3 Å². The Morgan fingerprint density at radius 2 is 2.05 bits per heavy atom. The smallest absolute Gasteiger partial charge is 0.253 e. The summed E-state index contributed by atoms with van der Waals surface area (Å²) in [5, 5.41) is 2.79. The van der Waals surface area contributed by atoms with E-state index in [2.05, 4.69) is 26.1 Å². The molecule has 0 aliphatic heterocycles. The standard InChI is InChI=1S/C16H26N2O3/c1-11(21-9-8-16(2,3)4)15(19)18-13-7-6-12(17)10-14(13)20-5/h6-7,10-11H,8-9,17H2,1-5H3,(H,18,19). The fraction of sp³-hybridized carbons (Fsp3) is 0.562. The van der Waals surface area contributed by atoms with Crippen LogP contribution >= 0.6 is 0 Å². The highest BCUT2D eigenvalue weighted by Gasteiger charge is 2.17. The van der Waals surface area contributed by atoms with Gasteiger partial charge in [0.15, 0.2) is 0 Å². The van der Waals surface area contributed by atoms with Gasteiger partial charge in [0.25, 0.3) is 5.91 Å². The van der Waals surface area contributed by atoms with Crippen molar-refractivity contribution in [1.82, 2.24) is 0 Å². The normalized spacial score (nSPS) is 12.8. The van der Waals surface area contributed by atoms with Crippen molar-refractivity contribution in [3.63, 3.8) is 0 Å². The van der Waals surface area contributed by atoms with Gasteiger partial charge in [-0.25, -0.2) is 0 Å². The first-order valence-corrected chi connectivity index (χ1v) is 7.09. The number of benzene rings is 1. The average molecular weight is 294 g/mol. The second-order valence-electron chi connectivity index (χ2n) is 6.27. The molecule has 0 aliphatic carbocycles. The predicted octanol–water partition coefficient (Wildman–Crippen LogP) is 3.06. The molecule has 1 amide bonds. The van der Waals surface area contributed by atoms with Crippen molar-refractivity contribution in [2.45, 2.75) is 40.2 Å². The Kier molecular flexibility index (Phi) is 6.03.